The van der Waals surface area contributed by atoms with Crippen molar-refractivity contribution in [1.82, 2.24) is 15.2 Å². The van der Waals surface area contributed by atoms with Gasteiger partial charge in [0.1, 0.15) is 5.76 Å². The lowest BCUT2D eigenvalue weighted by Crippen LogP contribution is -2.39. The molecule has 1 N–H and O–H groups in total. The molecule has 5 heteroatoms. The molecule has 1 aromatic heterocycles. The molecule has 1 amide bonds. The average molecular weight is 327 g/mol. The van der Waals surface area contributed by atoms with E-state index in [0.29, 0.717) is 23.3 Å². The fourth-order valence-electron chi connectivity index (χ4n) is 3.22. The monoisotopic (exact) mass is 327 g/mol. The molecule has 2 heterocycles. The number of hydrogen-bond donors (Lipinski definition) is 1. The van der Waals surface area contributed by atoms with Crippen molar-refractivity contribution in [3.63, 3.8) is 0 Å². The zero-order valence-corrected chi connectivity index (χ0v) is 14.4. The molecule has 0 aliphatic carbocycles. The Balaban J connectivity index is 1.67. The van der Waals surface area contributed by atoms with Crippen molar-refractivity contribution in [1.29, 1.82) is 0 Å². The molecule has 24 heavy (non-hydrogen) atoms. The Morgan fingerprint density at radius 1 is 1.29 bits per heavy atom. The Morgan fingerprint density at radius 3 is 2.67 bits per heavy atom. The highest BCUT2D eigenvalue weighted by molar-refractivity contribution is 5.93. The number of aromatic nitrogens is 1. The molecule has 1 aliphatic rings. The summed E-state index contributed by atoms with van der Waals surface area (Å²) in [6.07, 6.45) is 3.31. The molecule has 3 rings (SSSR count). The quantitative estimate of drug-likeness (QED) is 0.917. The van der Waals surface area contributed by atoms with Crippen LogP contribution >= 0.6 is 0 Å². The number of carbonyl (C=O) groups is 1. The van der Waals surface area contributed by atoms with Crippen LogP contribution in [0.2, 0.25) is 0 Å². The van der Waals surface area contributed by atoms with E-state index in [1.54, 1.807) is 0 Å². The summed E-state index contributed by atoms with van der Waals surface area (Å²) < 4.78 is 5.72. The lowest BCUT2D eigenvalue weighted by atomic mass is 9.93. The van der Waals surface area contributed by atoms with E-state index in [2.05, 4.69) is 10.3 Å². The normalized spacial score (nSPS) is 15.7. The fraction of sp³-hybridized carbons (Fsp3) is 0.474. The third-order valence-corrected chi connectivity index (χ3v) is 4.72. The second-order valence-electron chi connectivity index (χ2n) is 6.42. The first-order chi connectivity index (χ1) is 11.7. The molecule has 0 radical (unpaired) electrons. The summed E-state index contributed by atoms with van der Waals surface area (Å²) in [6, 6.07) is 9.70. The summed E-state index contributed by atoms with van der Waals surface area (Å²) in [6.45, 7) is 4.47. The van der Waals surface area contributed by atoms with Crippen molar-refractivity contribution in [2.45, 2.75) is 26.2 Å². The molecule has 0 spiro atoms. The van der Waals surface area contributed by atoms with E-state index < -0.39 is 0 Å². The maximum absolute atomic E-state index is 12.8. The third kappa shape index (κ3) is 3.67. The van der Waals surface area contributed by atoms with Gasteiger partial charge in [-0.2, -0.15) is 0 Å². The molecule has 0 atom stereocenters. The number of carbonyl (C=O) groups excluding carboxylic acids is 1. The van der Waals surface area contributed by atoms with Gasteiger partial charge in [0.15, 0.2) is 5.69 Å². The van der Waals surface area contributed by atoms with E-state index in [-0.39, 0.29) is 5.91 Å². The molecule has 128 valence electrons. The largest absolute Gasteiger partial charge is 0.441 e. The molecule has 1 aromatic carbocycles. The number of aryl methyl sites for hydroxylation is 1. The van der Waals surface area contributed by atoms with Gasteiger partial charge in [0, 0.05) is 18.7 Å². The van der Waals surface area contributed by atoms with Gasteiger partial charge in [0.05, 0.1) is 0 Å². The summed E-state index contributed by atoms with van der Waals surface area (Å²) >= 11 is 0. The first-order valence-electron chi connectivity index (χ1n) is 8.65. The van der Waals surface area contributed by atoms with Crippen molar-refractivity contribution in [2.24, 2.45) is 5.92 Å². The zero-order valence-electron chi connectivity index (χ0n) is 14.4. The highest BCUT2D eigenvalue weighted by Crippen LogP contribution is 2.25. The van der Waals surface area contributed by atoms with E-state index >= 15 is 0 Å². The number of benzene rings is 1. The van der Waals surface area contributed by atoms with Gasteiger partial charge in [0.2, 0.25) is 5.89 Å². The number of oxazole rings is 1. The lowest BCUT2D eigenvalue weighted by molar-refractivity contribution is 0.0680. The topological polar surface area (TPSA) is 58.4 Å². The number of nitrogens with one attached hydrogen (secondary N) is 1. The van der Waals surface area contributed by atoms with Gasteiger partial charge in [-0.3, -0.25) is 4.79 Å². The zero-order chi connectivity index (χ0) is 16.9. The number of nitrogens with zero attached hydrogens (tertiary/aromatic N) is 2. The first-order valence-corrected chi connectivity index (χ1v) is 8.65. The Bertz CT molecular complexity index is 673. The van der Waals surface area contributed by atoms with Gasteiger partial charge in [-0.1, -0.05) is 18.2 Å². The van der Waals surface area contributed by atoms with Crippen molar-refractivity contribution in [3.8, 4) is 11.5 Å². The summed E-state index contributed by atoms with van der Waals surface area (Å²) in [4.78, 5) is 19.1. The molecule has 1 fully saturated rings. The lowest BCUT2D eigenvalue weighted by Gasteiger charge is -2.31. The van der Waals surface area contributed by atoms with Gasteiger partial charge in [-0.25, -0.2) is 4.98 Å². The van der Waals surface area contributed by atoms with Gasteiger partial charge in [-0.15, -0.1) is 0 Å². The average Bonchev–Trinajstić information content (AvgIpc) is 3.02. The standard InChI is InChI=1S/C19H25N3O2/c1-14-17(21-18(24-14)16-6-4-3-5-7-16)19(23)22-12-9-15(10-13-22)8-11-20-2/h3-7,15,20H,8-13H2,1-2H3. The Kier molecular flexibility index (Phi) is 5.30. The Labute approximate surface area is 143 Å². The van der Waals surface area contributed by atoms with Gasteiger partial charge >= 0.3 is 0 Å². The van der Waals surface area contributed by atoms with Gasteiger partial charge in [0.25, 0.3) is 5.91 Å². The number of amides is 1. The van der Waals surface area contributed by atoms with Crippen LogP contribution in [-0.4, -0.2) is 42.5 Å². The SMILES string of the molecule is CNCCC1CCN(C(=O)c2nc(-c3ccccc3)oc2C)CC1. The van der Waals surface area contributed by atoms with Crippen molar-refractivity contribution in [3.05, 3.63) is 41.8 Å². The Hall–Kier alpha value is -2.14. The summed E-state index contributed by atoms with van der Waals surface area (Å²) in [5, 5.41) is 3.20. The highest BCUT2D eigenvalue weighted by Gasteiger charge is 2.27. The molecular formula is C19H25N3O2. The first kappa shape index (κ1) is 16.7. The highest BCUT2D eigenvalue weighted by atomic mass is 16.4. The molecule has 0 saturated carbocycles. The molecule has 0 bridgehead atoms. The molecule has 1 saturated heterocycles. The molecular weight excluding hydrogens is 302 g/mol. The second-order valence-corrected chi connectivity index (χ2v) is 6.42. The van der Waals surface area contributed by atoms with E-state index in [9.17, 15) is 4.79 Å². The van der Waals surface area contributed by atoms with Crippen LogP contribution in [0, 0.1) is 12.8 Å². The van der Waals surface area contributed by atoms with Crippen LogP contribution in [0.1, 0.15) is 35.5 Å². The van der Waals surface area contributed by atoms with Crippen molar-refractivity contribution < 1.29 is 9.21 Å². The minimum atomic E-state index is -0.00880. The molecule has 5 nitrogen and oxygen atoms in total. The van der Waals surface area contributed by atoms with Gasteiger partial charge in [-0.05, 0) is 57.8 Å². The van der Waals surface area contributed by atoms with Crippen LogP contribution in [-0.2, 0) is 0 Å². The third-order valence-electron chi connectivity index (χ3n) is 4.72. The fourth-order valence-corrected chi connectivity index (χ4v) is 3.22. The smallest absolute Gasteiger partial charge is 0.276 e. The van der Waals surface area contributed by atoms with Crippen LogP contribution in [0.15, 0.2) is 34.7 Å². The minimum absolute atomic E-state index is 0.00880. The number of rotatable bonds is 5. The van der Waals surface area contributed by atoms with Crippen molar-refractivity contribution >= 4 is 5.91 Å². The van der Waals surface area contributed by atoms with E-state index in [1.165, 1.54) is 6.42 Å². The van der Waals surface area contributed by atoms with Crippen LogP contribution in [0.3, 0.4) is 0 Å². The second kappa shape index (κ2) is 7.62. The number of likely N-dealkylation sites (tertiary alicyclic amines) is 1. The molecule has 2 aromatic rings. The summed E-state index contributed by atoms with van der Waals surface area (Å²) in [7, 11) is 1.98. The maximum atomic E-state index is 12.8. The van der Waals surface area contributed by atoms with E-state index in [0.717, 1.165) is 38.0 Å². The van der Waals surface area contributed by atoms with Crippen LogP contribution in [0.4, 0.5) is 0 Å². The minimum Gasteiger partial charge on any atom is -0.441 e. The predicted molar refractivity (Wildman–Crippen MR) is 93.8 cm³/mol. The number of piperidine rings is 1. The van der Waals surface area contributed by atoms with E-state index in [1.807, 2.05) is 49.2 Å². The van der Waals surface area contributed by atoms with Crippen molar-refractivity contribution in [2.75, 3.05) is 26.7 Å². The number of hydrogen-bond acceptors (Lipinski definition) is 4. The van der Waals surface area contributed by atoms with Crippen LogP contribution in [0.5, 0.6) is 0 Å². The van der Waals surface area contributed by atoms with Gasteiger partial charge < -0.3 is 14.6 Å². The maximum Gasteiger partial charge on any atom is 0.276 e. The Morgan fingerprint density at radius 2 is 2.00 bits per heavy atom. The van der Waals surface area contributed by atoms with Crippen LogP contribution in [0.25, 0.3) is 11.5 Å². The van der Waals surface area contributed by atoms with E-state index in [4.69, 9.17) is 4.42 Å². The summed E-state index contributed by atoms with van der Waals surface area (Å²) in [5.41, 5.74) is 1.34. The molecule has 0 unspecified atom stereocenters. The predicted octanol–water partition coefficient (Wildman–Crippen LogP) is 3.11. The summed E-state index contributed by atoms with van der Waals surface area (Å²) in [5.74, 6) is 1.81. The molecule has 1 aliphatic heterocycles. The van der Waals surface area contributed by atoms with Crippen LogP contribution < -0.4 is 5.32 Å².